The molecule has 0 aliphatic carbocycles. The van der Waals surface area contributed by atoms with Crippen molar-refractivity contribution in [1.82, 2.24) is 0 Å². The van der Waals surface area contributed by atoms with Gasteiger partial charge in [-0.25, -0.2) is 0 Å². The Labute approximate surface area is 227 Å². The summed E-state index contributed by atoms with van der Waals surface area (Å²) in [6, 6.07) is 25.6. The second kappa shape index (κ2) is 12.7. The van der Waals surface area contributed by atoms with Crippen LogP contribution in [-0.4, -0.2) is 24.1 Å². The predicted octanol–water partition coefficient (Wildman–Crippen LogP) is 6.88. The van der Waals surface area contributed by atoms with Crippen molar-refractivity contribution >= 4 is 11.4 Å². The van der Waals surface area contributed by atoms with Gasteiger partial charge in [-0.3, -0.25) is 20.2 Å². The number of rotatable bonds is 12. The van der Waals surface area contributed by atoms with E-state index in [9.17, 15) is 20.2 Å². The molecule has 0 amide bonds. The lowest BCUT2D eigenvalue weighted by atomic mass is 9.96. The molecule has 0 aliphatic heterocycles. The molecule has 8 heteroatoms. The number of nitrogens with zero attached hydrogens (tertiary/aromatic N) is 2. The molecule has 0 N–H and O–H groups in total. The van der Waals surface area contributed by atoms with Gasteiger partial charge in [0.05, 0.1) is 24.1 Å². The fraction of sp³-hybridized carbons (Fsp3) is 0.226. The Hall–Kier alpha value is -4.72. The van der Waals surface area contributed by atoms with E-state index >= 15 is 0 Å². The molecule has 0 fully saturated rings. The number of methoxy groups -OCH3 is 2. The molecule has 0 saturated carbocycles. The van der Waals surface area contributed by atoms with Crippen LogP contribution in [-0.2, 0) is 25.7 Å². The number of hydrogen-bond donors (Lipinski definition) is 0. The summed E-state index contributed by atoms with van der Waals surface area (Å²) in [5, 5.41) is 21.9. The van der Waals surface area contributed by atoms with Gasteiger partial charge in [-0.15, -0.1) is 0 Å². The van der Waals surface area contributed by atoms with Crippen molar-refractivity contribution in [1.29, 1.82) is 0 Å². The molecule has 0 bridgehead atoms. The molecule has 0 spiro atoms. The number of aryl methyl sites for hydroxylation is 2. The van der Waals surface area contributed by atoms with E-state index in [0.29, 0.717) is 12.8 Å². The van der Waals surface area contributed by atoms with Gasteiger partial charge in [-0.2, -0.15) is 0 Å². The van der Waals surface area contributed by atoms with Crippen LogP contribution in [0.15, 0.2) is 84.9 Å². The van der Waals surface area contributed by atoms with Gasteiger partial charge >= 0.3 is 0 Å². The summed E-state index contributed by atoms with van der Waals surface area (Å²) in [5.74, 6) is 1.59. The zero-order chi connectivity index (χ0) is 27.8. The summed E-state index contributed by atoms with van der Waals surface area (Å²) in [5.41, 5.74) is 6.60. The lowest BCUT2D eigenvalue weighted by Crippen LogP contribution is -1.99. The highest BCUT2D eigenvalue weighted by molar-refractivity contribution is 5.44. The third kappa shape index (κ3) is 7.19. The molecular weight excluding hydrogens is 496 g/mol. The number of non-ortho nitro benzene ring substituents is 2. The average Bonchev–Trinajstić information content (AvgIpc) is 2.94. The first-order chi connectivity index (χ1) is 18.9. The van der Waals surface area contributed by atoms with E-state index in [1.54, 1.807) is 38.5 Å². The Morgan fingerprint density at radius 1 is 0.564 bits per heavy atom. The van der Waals surface area contributed by atoms with Crippen LogP contribution < -0.4 is 9.47 Å². The van der Waals surface area contributed by atoms with E-state index in [-0.39, 0.29) is 11.4 Å². The number of nitro groups is 2. The zero-order valence-corrected chi connectivity index (χ0v) is 22.0. The van der Waals surface area contributed by atoms with Gasteiger partial charge in [0, 0.05) is 37.1 Å². The lowest BCUT2D eigenvalue weighted by molar-refractivity contribution is -0.385. The molecule has 4 aromatic carbocycles. The summed E-state index contributed by atoms with van der Waals surface area (Å²) >= 11 is 0. The van der Waals surface area contributed by atoms with E-state index in [2.05, 4.69) is 24.3 Å². The van der Waals surface area contributed by atoms with Gasteiger partial charge in [-0.1, -0.05) is 48.5 Å². The molecule has 4 aromatic rings. The van der Waals surface area contributed by atoms with Gasteiger partial charge in [0.1, 0.15) is 11.5 Å². The highest BCUT2D eigenvalue weighted by Crippen LogP contribution is 2.27. The van der Waals surface area contributed by atoms with Crippen LogP contribution in [0.25, 0.3) is 0 Å². The van der Waals surface area contributed by atoms with Gasteiger partial charge in [-0.05, 0) is 64.8 Å². The van der Waals surface area contributed by atoms with Crippen LogP contribution in [0, 0.1) is 20.2 Å². The highest BCUT2D eigenvalue weighted by Gasteiger charge is 2.11. The van der Waals surface area contributed by atoms with Crippen LogP contribution in [0.5, 0.6) is 11.5 Å². The predicted molar refractivity (Wildman–Crippen MR) is 150 cm³/mol. The Morgan fingerprint density at radius 3 is 1.26 bits per heavy atom. The van der Waals surface area contributed by atoms with E-state index in [4.69, 9.17) is 9.47 Å². The largest absolute Gasteiger partial charge is 0.496 e. The Kier molecular flexibility index (Phi) is 8.89. The van der Waals surface area contributed by atoms with E-state index in [1.807, 2.05) is 12.1 Å². The average molecular weight is 527 g/mol. The van der Waals surface area contributed by atoms with Crippen LogP contribution >= 0.6 is 0 Å². The minimum atomic E-state index is -0.396. The molecule has 0 saturated heterocycles. The van der Waals surface area contributed by atoms with Gasteiger partial charge in [0.2, 0.25) is 0 Å². The summed E-state index contributed by atoms with van der Waals surface area (Å²) in [4.78, 5) is 21.1. The molecule has 8 nitrogen and oxygen atoms in total. The van der Waals surface area contributed by atoms with Crippen LogP contribution in [0.3, 0.4) is 0 Å². The molecule has 0 radical (unpaired) electrons. The Balaban J connectivity index is 1.41. The number of hydrogen-bond acceptors (Lipinski definition) is 6. The summed E-state index contributed by atoms with van der Waals surface area (Å²) in [7, 11) is 3.29. The summed E-state index contributed by atoms with van der Waals surface area (Å²) < 4.78 is 11.1. The fourth-order valence-corrected chi connectivity index (χ4v) is 4.66. The standard InChI is InChI=1S/C31H30N2O6/c1-38-30-16-10-22(18-26(30)20-24-6-12-28(13-7-24)32(34)35)4-3-5-23-11-17-31(39-2)27(19-23)21-25-8-14-29(15-9-25)33(36)37/h6-19H,3-5,20-21H2,1-2H3. The molecule has 39 heavy (non-hydrogen) atoms. The maximum absolute atomic E-state index is 10.9. The van der Waals surface area contributed by atoms with Crippen LogP contribution in [0.1, 0.15) is 39.8 Å². The lowest BCUT2D eigenvalue weighted by Gasteiger charge is -2.13. The Bertz CT molecular complexity index is 1340. The molecule has 0 aromatic heterocycles. The highest BCUT2D eigenvalue weighted by atomic mass is 16.6. The topological polar surface area (TPSA) is 105 Å². The van der Waals surface area contributed by atoms with Gasteiger partial charge < -0.3 is 9.47 Å². The minimum absolute atomic E-state index is 0.0777. The van der Waals surface area contributed by atoms with Gasteiger partial charge in [0.25, 0.3) is 11.4 Å². The monoisotopic (exact) mass is 526 g/mol. The molecular formula is C31H30N2O6. The van der Waals surface area contributed by atoms with Crippen LogP contribution in [0.2, 0.25) is 0 Å². The second-order valence-corrected chi connectivity index (χ2v) is 9.35. The fourth-order valence-electron chi connectivity index (χ4n) is 4.66. The normalized spacial score (nSPS) is 10.7. The Morgan fingerprint density at radius 2 is 0.923 bits per heavy atom. The smallest absolute Gasteiger partial charge is 0.269 e. The minimum Gasteiger partial charge on any atom is -0.496 e. The summed E-state index contributed by atoms with van der Waals surface area (Å²) in [6.45, 7) is 0. The van der Waals surface area contributed by atoms with Crippen molar-refractivity contribution < 1.29 is 19.3 Å². The summed E-state index contributed by atoms with van der Waals surface area (Å²) in [6.07, 6.45) is 3.98. The van der Waals surface area contributed by atoms with Gasteiger partial charge in [0.15, 0.2) is 0 Å². The molecule has 0 aliphatic rings. The van der Waals surface area contributed by atoms with Crippen molar-refractivity contribution in [3.63, 3.8) is 0 Å². The van der Waals surface area contributed by atoms with Crippen molar-refractivity contribution in [2.45, 2.75) is 32.1 Å². The molecule has 4 rings (SSSR count). The van der Waals surface area contributed by atoms with Crippen molar-refractivity contribution in [3.05, 3.63) is 139 Å². The molecule has 0 atom stereocenters. The molecule has 0 heterocycles. The van der Waals surface area contributed by atoms with Crippen molar-refractivity contribution in [2.24, 2.45) is 0 Å². The maximum atomic E-state index is 10.9. The molecule has 200 valence electrons. The van der Waals surface area contributed by atoms with E-state index in [0.717, 1.165) is 53.0 Å². The third-order valence-corrected chi connectivity index (χ3v) is 6.70. The first kappa shape index (κ1) is 27.3. The maximum Gasteiger partial charge on any atom is 0.269 e. The quantitative estimate of drug-likeness (QED) is 0.147. The van der Waals surface area contributed by atoms with E-state index < -0.39 is 9.85 Å². The first-order valence-electron chi connectivity index (χ1n) is 12.6. The second-order valence-electron chi connectivity index (χ2n) is 9.35. The van der Waals surface area contributed by atoms with E-state index in [1.165, 1.54) is 35.4 Å². The SMILES string of the molecule is COc1ccc(CCCc2ccc(OC)c(Cc3ccc([N+](=O)[O-])cc3)c2)cc1Cc1ccc([N+](=O)[O-])cc1. The van der Waals surface area contributed by atoms with Crippen molar-refractivity contribution in [2.75, 3.05) is 14.2 Å². The third-order valence-electron chi connectivity index (χ3n) is 6.70. The zero-order valence-electron chi connectivity index (χ0n) is 22.0. The molecule has 0 unspecified atom stereocenters. The number of ether oxygens (including phenoxy) is 2. The first-order valence-corrected chi connectivity index (χ1v) is 12.6. The number of nitro benzene ring substituents is 2. The van der Waals surface area contributed by atoms with Crippen LogP contribution in [0.4, 0.5) is 11.4 Å². The van der Waals surface area contributed by atoms with Crippen molar-refractivity contribution in [3.8, 4) is 11.5 Å². The number of benzene rings is 4.